The van der Waals surface area contributed by atoms with Crippen LogP contribution in [0.15, 0.2) is 49.1 Å². The molecule has 0 bridgehead atoms. The van der Waals surface area contributed by atoms with Gasteiger partial charge in [0.2, 0.25) is 0 Å². The molecule has 2 aromatic heterocycles. The second kappa shape index (κ2) is 10.3. The summed E-state index contributed by atoms with van der Waals surface area (Å²) in [6, 6.07) is 11.8. The Bertz CT molecular complexity index is 1260. The molecule has 2 aromatic carbocycles. The quantitative estimate of drug-likeness (QED) is 0.288. The average Bonchev–Trinajstić information content (AvgIpc) is 2.91. The minimum atomic E-state index is 0.715. The first-order chi connectivity index (χ1) is 17.6. The van der Waals surface area contributed by atoms with Crippen molar-refractivity contribution in [3.8, 4) is 0 Å². The lowest BCUT2D eigenvalue weighted by molar-refractivity contribution is 0.307. The fourth-order valence-electron chi connectivity index (χ4n) is 5.87. The van der Waals surface area contributed by atoms with Crippen LogP contribution in [0.3, 0.4) is 0 Å². The molecule has 2 fully saturated rings. The maximum atomic E-state index is 6.16. The predicted octanol–water partition coefficient (Wildman–Crippen LogP) is 6.79. The van der Waals surface area contributed by atoms with Crippen LogP contribution < -0.4 is 9.80 Å². The first-order valence-electron chi connectivity index (χ1n) is 12.9. The second-order valence-corrected chi connectivity index (χ2v) is 11.0. The van der Waals surface area contributed by atoms with E-state index in [9.17, 15) is 0 Å². The number of hydrogen-bond donors (Lipinski definition) is 0. The molecule has 0 amide bonds. The van der Waals surface area contributed by atoms with Crippen LogP contribution in [0.4, 0.5) is 11.6 Å². The van der Waals surface area contributed by atoms with Crippen molar-refractivity contribution >= 4 is 56.6 Å². The Labute approximate surface area is 221 Å². The summed E-state index contributed by atoms with van der Waals surface area (Å²) >= 11 is 12.3. The van der Waals surface area contributed by atoms with Gasteiger partial charge in [-0.15, -0.1) is 0 Å². The average molecular weight is 521 g/mol. The molecule has 6 rings (SSSR count). The van der Waals surface area contributed by atoms with Crippen molar-refractivity contribution < 1.29 is 0 Å². The van der Waals surface area contributed by atoms with Gasteiger partial charge in [-0.1, -0.05) is 36.0 Å². The van der Waals surface area contributed by atoms with Gasteiger partial charge in [-0.25, -0.2) is 19.9 Å². The third-order valence-corrected chi connectivity index (χ3v) is 8.44. The van der Waals surface area contributed by atoms with Crippen molar-refractivity contribution in [1.82, 2.24) is 19.9 Å². The van der Waals surface area contributed by atoms with Crippen LogP contribution in [0.25, 0.3) is 21.8 Å². The molecule has 2 saturated heterocycles. The Balaban J connectivity index is 1.00. The highest BCUT2D eigenvalue weighted by Crippen LogP contribution is 2.34. The molecule has 2 aliphatic heterocycles. The highest BCUT2D eigenvalue weighted by Gasteiger charge is 2.25. The first kappa shape index (κ1) is 23.7. The van der Waals surface area contributed by atoms with Gasteiger partial charge in [0.15, 0.2) is 0 Å². The van der Waals surface area contributed by atoms with Crippen LogP contribution in [0.2, 0.25) is 10.0 Å². The zero-order chi connectivity index (χ0) is 24.5. The van der Waals surface area contributed by atoms with Crippen LogP contribution in [-0.4, -0.2) is 46.1 Å². The van der Waals surface area contributed by atoms with E-state index in [1.54, 1.807) is 12.7 Å². The number of aromatic nitrogens is 4. The SMILES string of the molecule is Clc1ccc2c(N3CCC(CCC4CCN(c5ncnc6cc(Cl)ccc56)CC4)CC3)ncnc2c1. The van der Waals surface area contributed by atoms with Crippen LogP contribution >= 0.6 is 23.2 Å². The maximum Gasteiger partial charge on any atom is 0.139 e. The van der Waals surface area contributed by atoms with Crippen LogP contribution in [0, 0.1) is 11.8 Å². The van der Waals surface area contributed by atoms with Crippen LogP contribution in [-0.2, 0) is 0 Å². The Morgan fingerprint density at radius 3 is 1.44 bits per heavy atom. The molecule has 0 aliphatic carbocycles. The predicted molar refractivity (Wildman–Crippen MR) is 148 cm³/mol. The summed E-state index contributed by atoms with van der Waals surface area (Å²) in [6.45, 7) is 4.23. The van der Waals surface area contributed by atoms with E-state index in [2.05, 4.69) is 29.7 Å². The number of benzene rings is 2. The third kappa shape index (κ3) is 4.94. The highest BCUT2D eigenvalue weighted by atomic mass is 35.5. The van der Waals surface area contributed by atoms with Gasteiger partial charge in [0, 0.05) is 47.0 Å². The molecule has 186 valence electrons. The van der Waals surface area contributed by atoms with Gasteiger partial charge in [0.1, 0.15) is 24.3 Å². The summed E-state index contributed by atoms with van der Waals surface area (Å²) < 4.78 is 0. The number of halogens is 2. The summed E-state index contributed by atoms with van der Waals surface area (Å²) in [6.07, 6.45) is 10.9. The Kier molecular flexibility index (Phi) is 6.81. The molecular weight excluding hydrogens is 491 g/mol. The van der Waals surface area contributed by atoms with Crippen LogP contribution in [0.5, 0.6) is 0 Å². The minimum absolute atomic E-state index is 0.715. The summed E-state index contributed by atoms with van der Waals surface area (Å²) in [7, 11) is 0. The van der Waals surface area contributed by atoms with Gasteiger partial charge in [-0.3, -0.25) is 0 Å². The van der Waals surface area contributed by atoms with Crippen molar-refractivity contribution in [2.45, 2.75) is 38.5 Å². The zero-order valence-corrected chi connectivity index (χ0v) is 21.8. The third-order valence-electron chi connectivity index (χ3n) is 7.97. The zero-order valence-electron chi connectivity index (χ0n) is 20.3. The summed E-state index contributed by atoms with van der Waals surface area (Å²) in [4.78, 5) is 22.9. The van der Waals surface area contributed by atoms with Gasteiger partial charge in [-0.2, -0.15) is 0 Å². The normalized spacial score (nSPS) is 17.8. The molecule has 8 heteroatoms. The van der Waals surface area contributed by atoms with E-state index < -0.39 is 0 Å². The Hall–Kier alpha value is -2.70. The Morgan fingerprint density at radius 1 is 0.611 bits per heavy atom. The van der Waals surface area contributed by atoms with Gasteiger partial charge in [-0.05, 0) is 73.9 Å². The van der Waals surface area contributed by atoms with Gasteiger partial charge >= 0.3 is 0 Å². The molecule has 2 aliphatic rings. The summed E-state index contributed by atoms with van der Waals surface area (Å²) in [5, 5.41) is 3.61. The first-order valence-corrected chi connectivity index (χ1v) is 13.7. The molecule has 0 spiro atoms. The molecule has 4 aromatic rings. The van der Waals surface area contributed by atoms with Crippen LogP contribution in [0.1, 0.15) is 38.5 Å². The van der Waals surface area contributed by atoms with E-state index in [1.807, 2.05) is 36.4 Å². The summed E-state index contributed by atoms with van der Waals surface area (Å²) in [5.74, 6) is 3.69. The summed E-state index contributed by atoms with van der Waals surface area (Å²) in [5.41, 5.74) is 1.83. The molecule has 0 N–H and O–H groups in total. The van der Waals surface area contributed by atoms with Gasteiger partial charge in [0.05, 0.1) is 11.0 Å². The molecule has 0 atom stereocenters. The number of piperidine rings is 2. The standard InChI is InChI=1S/C28H30Cl2N6/c29-21-3-5-23-25(15-21)31-17-33-27(23)35-11-7-19(8-12-35)1-2-20-9-13-36(14-10-20)28-24-6-4-22(30)16-26(24)32-18-34-28/h3-6,15-20H,1-2,7-14H2. The number of hydrogen-bond acceptors (Lipinski definition) is 6. The number of anilines is 2. The lowest BCUT2D eigenvalue weighted by Gasteiger charge is -2.36. The molecule has 4 heterocycles. The minimum Gasteiger partial charge on any atom is -0.356 e. The number of nitrogens with zero attached hydrogens (tertiary/aromatic N) is 6. The molecule has 36 heavy (non-hydrogen) atoms. The van der Waals surface area contributed by atoms with Crippen molar-refractivity contribution in [3.63, 3.8) is 0 Å². The monoisotopic (exact) mass is 520 g/mol. The fourth-order valence-corrected chi connectivity index (χ4v) is 6.21. The number of fused-ring (bicyclic) bond motifs is 2. The van der Waals surface area contributed by atoms with E-state index >= 15 is 0 Å². The topological polar surface area (TPSA) is 58.0 Å². The molecule has 0 saturated carbocycles. The second-order valence-electron chi connectivity index (χ2n) is 10.2. The largest absolute Gasteiger partial charge is 0.356 e. The van der Waals surface area contributed by atoms with Crippen molar-refractivity contribution in [3.05, 3.63) is 59.1 Å². The maximum absolute atomic E-state index is 6.16. The molecular formula is C28H30Cl2N6. The van der Waals surface area contributed by atoms with Crippen molar-refractivity contribution in [1.29, 1.82) is 0 Å². The fraction of sp³-hybridized carbons (Fsp3) is 0.429. The number of rotatable bonds is 5. The van der Waals surface area contributed by atoms with E-state index in [1.165, 1.54) is 38.5 Å². The molecule has 6 nitrogen and oxygen atoms in total. The lowest BCUT2D eigenvalue weighted by atomic mass is 9.85. The van der Waals surface area contributed by atoms with Gasteiger partial charge in [0.25, 0.3) is 0 Å². The van der Waals surface area contributed by atoms with Gasteiger partial charge < -0.3 is 9.80 Å². The molecule has 0 unspecified atom stereocenters. The van der Waals surface area contributed by atoms with E-state index in [-0.39, 0.29) is 0 Å². The van der Waals surface area contributed by atoms with Crippen molar-refractivity contribution in [2.75, 3.05) is 36.0 Å². The lowest BCUT2D eigenvalue weighted by Crippen LogP contribution is -2.36. The smallest absolute Gasteiger partial charge is 0.139 e. The van der Waals surface area contributed by atoms with E-state index in [0.29, 0.717) is 10.0 Å². The van der Waals surface area contributed by atoms with Crippen molar-refractivity contribution in [2.24, 2.45) is 11.8 Å². The van der Waals surface area contributed by atoms with E-state index in [4.69, 9.17) is 23.2 Å². The highest BCUT2D eigenvalue weighted by molar-refractivity contribution is 6.31. The van der Waals surface area contributed by atoms with E-state index in [0.717, 1.165) is 71.5 Å². The Morgan fingerprint density at radius 2 is 1.03 bits per heavy atom. The molecule has 0 radical (unpaired) electrons.